The Labute approximate surface area is 289 Å². The number of hydrogen-bond acceptors (Lipinski definition) is 3. The monoisotopic (exact) mass is 672 g/mol. The fraction of sp³-hybridized carbons (Fsp3) is 0.0455. The zero-order chi connectivity index (χ0) is 33.2. The lowest BCUT2D eigenvalue weighted by atomic mass is 9.89. The van der Waals surface area contributed by atoms with Gasteiger partial charge in [0, 0.05) is 27.1 Å². The van der Waals surface area contributed by atoms with E-state index < -0.39 is 8.15 Å². The van der Waals surface area contributed by atoms with Gasteiger partial charge in [0.1, 0.15) is 17.2 Å². The largest absolute Gasteiger partial charge is 0.464 e. The van der Waals surface area contributed by atoms with Crippen LogP contribution in [0.3, 0.4) is 0 Å². The summed E-state index contributed by atoms with van der Waals surface area (Å²) in [5.74, 6) is 2.45. The van der Waals surface area contributed by atoms with Crippen LogP contribution in [0.25, 0.3) is 43.4 Å². The number of aryl methyl sites for hydroxylation is 2. The van der Waals surface area contributed by atoms with E-state index in [2.05, 4.69) is 153 Å². The highest BCUT2D eigenvalue weighted by molar-refractivity contribution is 7.68. The Morgan fingerprint density at radius 3 is 1.51 bits per heavy atom. The quantitative estimate of drug-likeness (QED) is 0.143. The van der Waals surface area contributed by atoms with Crippen molar-refractivity contribution >= 4 is 60.1 Å². The molecule has 0 radical (unpaired) electrons. The van der Waals surface area contributed by atoms with Crippen LogP contribution in [0.2, 0.25) is 0 Å². The first-order valence-corrected chi connectivity index (χ1v) is 18.4. The van der Waals surface area contributed by atoms with Crippen LogP contribution >= 0.6 is 17.2 Å². The summed E-state index contributed by atoms with van der Waals surface area (Å²) in [7, 11) is -1.44. The van der Waals surface area contributed by atoms with Crippen LogP contribution < -0.4 is 24.2 Å². The van der Waals surface area contributed by atoms with E-state index in [4.69, 9.17) is 13.6 Å². The summed E-state index contributed by atoms with van der Waals surface area (Å²) >= 11 is 0. The number of rotatable bonds is 9. The summed E-state index contributed by atoms with van der Waals surface area (Å²) < 4.78 is 20.5. The second kappa shape index (κ2) is 13.7. The second-order valence-electron chi connectivity index (χ2n) is 12.1. The summed E-state index contributed by atoms with van der Waals surface area (Å²) in [6.45, 7) is 4.27. The minimum absolute atomic E-state index is 0.256. The number of hydrogen-bond donors (Lipinski definition) is 0. The van der Waals surface area contributed by atoms with Crippen molar-refractivity contribution in [2.24, 2.45) is 0 Å². The standard InChI is InChI=1S/C44H34O3P2/c1-30-28-33-17-10-13-25-38(33)41(43(30)46-48-45-40-27-15-19-32-16-9-12-24-37(32)40)42-39-26-14-11-18-34(39)29-31(2)44(42)47-49(35-20-5-3-6-21-35)36-22-7-4-8-23-36/h3-29,48H,1-2H3. The molecule has 0 heterocycles. The lowest BCUT2D eigenvalue weighted by Crippen LogP contribution is -2.16. The van der Waals surface area contributed by atoms with Gasteiger partial charge in [-0.1, -0.05) is 146 Å². The molecule has 3 nitrogen and oxygen atoms in total. The topological polar surface area (TPSA) is 27.7 Å². The van der Waals surface area contributed by atoms with Gasteiger partial charge in [0.2, 0.25) is 0 Å². The molecular formula is C44H34O3P2. The molecule has 8 rings (SSSR count). The Morgan fingerprint density at radius 2 is 0.898 bits per heavy atom. The molecule has 0 saturated heterocycles. The summed E-state index contributed by atoms with van der Waals surface area (Å²) in [6, 6.07) is 57.0. The summed E-state index contributed by atoms with van der Waals surface area (Å²) in [5.41, 5.74) is 4.14. The van der Waals surface area contributed by atoms with Gasteiger partial charge in [-0.05, 0) is 70.1 Å². The Bertz CT molecular complexity index is 2380. The van der Waals surface area contributed by atoms with Crippen molar-refractivity contribution in [1.29, 1.82) is 0 Å². The maximum Gasteiger partial charge on any atom is 0.275 e. The van der Waals surface area contributed by atoms with Gasteiger partial charge in [0.15, 0.2) is 8.15 Å². The SMILES string of the molecule is Cc1cc2ccccc2c(-c2c(OP(c3ccccc3)c3ccccc3)c(C)cc3ccccc23)c1OPOc1cccc2ccccc12. The van der Waals surface area contributed by atoms with Crippen molar-refractivity contribution in [3.63, 3.8) is 0 Å². The molecule has 1 atom stereocenters. The van der Waals surface area contributed by atoms with Crippen LogP contribution in [-0.4, -0.2) is 0 Å². The van der Waals surface area contributed by atoms with Crippen LogP contribution in [0.15, 0.2) is 164 Å². The van der Waals surface area contributed by atoms with E-state index in [1.165, 1.54) is 0 Å². The van der Waals surface area contributed by atoms with E-state index >= 15 is 0 Å². The van der Waals surface area contributed by atoms with E-state index in [0.717, 1.165) is 82.4 Å². The number of fused-ring (bicyclic) bond motifs is 3. The molecule has 0 amide bonds. The molecule has 0 N–H and O–H groups in total. The average molecular weight is 673 g/mol. The smallest absolute Gasteiger partial charge is 0.275 e. The summed E-state index contributed by atoms with van der Waals surface area (Å²) in [4.78, 5) is 0. The van der Waals surface area contributed by atoms with E-state index in [-0.39, 0.29) is 9.03 Å². The molecule has 1 unspecified atom stereocenters. The lowest BCUT2D eigenvalue weighted by molar-refractivity contribution is 0.518. The van der Waals surface area contributed by atoms with E-state index in [0.29, 0.717) is 0 Å². The highest BCUT2D eigenvalue weighted by atomic mass is 31.1. The normalized spacial score (nSPS) is 11.6. The van der Waals surface area contributed by atoms with Crippen molar-refractivity contribution < 1.29 is 13.6 Å². The first-order chi connectivity index (χ1) is 24.2. The van der Waals surface area contributed by atoms with Gasteiger partial charge in [0.25, 0.3) is 9.03 Å². The van der Waals surface area contributed by atoms with Gasteiger partial charge >= 0.3 is 0 Å². The molecule has 0 aliphatic rings. The van der Waals surface area contributed by atoms with Crippen molar-refractivity contribution in [2.75, 3.05) is 0 Å². The van der Waals surface area contributed by atoms with Gasteiger partial charge < -0.3 is 13.6 Å². The Kier molecular flexibility index (Phi) is 8.71. The molecule has 8 aromatic rings. The Morgan fingerprint density at radius 1 is 0.429 bits per heavy atom. The molecule has 0 fully saturated rings. The summed E-state index contributed by atoms with van der Waals surface area (Å²) in [5, 5.41) is 9.00. The first kappa shape index (κ1) is 31.1. The number of benzene rings is 8. The van der Waals surface area contributed by atoms with Gasteiger partial charge in [0.05, 0.1) is 0 Å². The predicted molar refractivity (Wildman–Crippen MR) is 210 cm³/mol. The molecule has 5 heteroatoms. The molecule has 0 aliphatic carbocycles. The molecular weight excluding hydrogens is 638 g/mol. The maximum absolute atomic E-state index is 7.36. The third-order valence-corrected chi connectivity index (χ3v) is 11.3. The van der Waals surface area contributed by atoms with Gasteiger partial charge in [-0.2, -0.15) is 0 Å². The first-order valence-electron chi connectivity index (χ1n) is 16.4. The van der Waals surface area contributed by atoms with Crippen LogP contribution in [0.4, 0.5) is 0 Å². The predicted octanol–water partition coefficient (Wildman–Crippen LogP) is 11.8. The van der Waals surface area contributed by atoms with Gasteiger partial charge in [-0.3, -0.25) is 0 Å². The third kappa shape index (κ3) is 6.13. The molecule has 8 aromatic carbocycles. The van der Waals surface area contributed by atoms with E-state index in [1.807, 2.05) is 24.3 Å². The van der Waals surface area contributed by atoms with Gasteiger partial charge in [-0.15, -0.1) is 0 Å². The molecule has 238 valence electrons. The van der Waals surface area contributed by atoms with Crippen molar-refractivity contribution in [2.45, 2.75) is 13.8 Å². The maximum atomic E-state index is 7.36. The van der Waals surface area contributed by atoms with Crippen molar-refractivity contribution in [3.8, 4) is 28.4 Å². The second-order valence-corrected chi connectivity index (χ2v) is 14.4. The fourth-order valence-corrected chi connectivity index (χ4v) is 9.02. The highest BCUT2D eigenvalue weighted by Crippen LogP contribution is 2.52. The van der Waals surface area contributed by atoms with Gasteiger partial charge in [-0.25, -0.2) is 0 Å². The molecule has 0 bridgehead atoms. The zero-order valence-corrected chi connectivity index (χ0v) is 29.2. The van der Waals surface area contributed by atoms with E-state index in [9.17, 15) is 0 Å². The van der Waals surface area contributed by atoms with Crippen LogP contribution in [0.1, 0.15) is 11.1 Å². The Balaban J connectivity index is 1.32. The Hall–Kier alpha value is -5.20. The van der Waals surface area contributed by atoms with Crippen molar-refractivity contribution in [1.82, 2.24) is 0 Å². The van der Waals surface area contributed by atoms with Crippen LogP contribution in [-0.2, 0) is 0 Å². The average Bonchev–Trinajstić information content (AvgIpc) is 3.15. The molecule has 0 saturated carbocycles. The third-order valence-electron chi connectivity index (χ3n) is 8.83. The molecule has 49 heavy (non-hydrogen) atoms. The molecule has 0 aromatic heterocycles. The lowest BCUT2D eigenvalue weighted by Gasteiger charge is -2.26. The minimum Gasteiger partial charge on any atom is -0.464 e. The van der Waals surface area contributed by atoms with Crippen LogP contribution in [0.5, 0.6) is 17.2 Å². The molecule has 0 spiro atoms. The zero-order valence-electron chi connectivity index (χ0n) is 27.3. The summed E-state index contributed by atoms with van der Waals surface area (Å²) in [6.07, 6.45) is 0. The fourth-order valence-electron chi connectivity index (χ4n) is 6.55. The van der Waals surface area contributed by atoms with Crippen LogP contribution in [0, 0.1) is 13.8 Å². The van der Waals surface area contributed by atoms with E-state index in [1.54, 1.807) is 0 Å². The molecule has 0 aliphatic heterocycles. The minimum atomic E-state index is -1.19. The highest BCUT2D eigenvalue weighted by Gasteiger charge is 2.26. The van der Waals surface area contributed by atoms with Crippen molar-refractivity contribution in [3.05, 3.63) is 175 Å².